The number of nitrogens with one attached hydrogen (secondary N) is 1. The molecule has 1 aliphatic heterocycles. The number of amides is 1. The number of nitrogens with zero attached hydrogens (tertiary/aromatic N) is 1. The fourth-order valence-corrected chi connectivity index (χ4v) is 4.77. The van der Waals surface area contributed by atoms with E-state index in [1.807, 2.05) is 0 Å². The molecule has 0 fully saturated rings. The van der Waals surface area contributed by atoms with Gasteiger partial charge in [-0.1, -0.05) is 0 Å². The molecule has 2 aromatic carbocycles. The molecule has 0 spiro atoms. The lowest BCUT2D eigenvalue weighted by Gasteiger charge is -2.22. The second kappa shape index (κ2) is 8.28. The number of rotatable bonds is 3. The van der Waals surface area contributed by atoms with Crippen LogP contribution in [0.3, 0.4) is 0 Å². The zero-order valence-corrected chi connectivity index (χ0v) is 17.4. The molecule has 1 aromatic heterocycles. The maximum absolute atomic E-state index is 13.3. The summed E-state index contributed by atoms with van der Waals surface area (Å²) >= 11 is 0. The summed E-state index contributed by atoms with van der Waals surface area (Å²) in [6, 6.07) is 9.73. The summed E-state index contributed by atoms with van der Waals surface area (Å²) in [5.41, 5.74) is -1.25. The van der Waals surface area contributed by atoms with Gasteiger partial charge < -0.3 is 14.5 Å². The molecule has 1 aliphatic rings. The van der Waals surface area contributed by atoms with Gasteiger partial charge in [-0.3, -0.25) is 13.9 Å². The first-order valence-electron chi connectivity index (χ1n) is 9.43. The van der Waals surface area contributed by atoms with Crippen LogP contribution in [0.5, 0.6) is 5.75 Å². The average Bonchev–Trinajstić information content (AvgIpc) is 2.89. The minimum atomic E-state index is -4.56. The third-order valence-corrected chi connectivity index (χ3v) is 6.58. The van der Waals surface area contributed by atoms with E-state index in [1.54, 1.807) is 0 Å². The summed E-state index contributed by atoms with van der Waals surface area (Å²) < 4.78 is 76.6. The molecule has 1 amide bonds. The molecule has 0 aliphatic carbocycles. The first-order chi connectivity index (χ1) is 15.6. The molecule has 0 atom stereocenters. The van der Waals surface area contributed by atoms with Gasteiger partial charge in [0.15, 0.2) is 11.2 Å². The van der Waals surface area contributed by atoms with Crippen LogP contribution in [-0.2, 0) is 16.2 Å². The van der Waals surface area contributed by atoms with Gasteiger partial charge in [-0.15, -0.1) is 0 Å². The Hall–Kier alpha value is -3.80. The number of benzene rings is 2. The van der Waals surface area contributed by atoms with Gasteiger partial charge in [0.2, 0.25) is 0 Å². The van der Waals surface area contributed by atoms with E-state index in [4.69, 9.17) is 9.15 Å². The highest BCUT2D eigenvalue weighted by Crippen LogP contribution is 2.36. The molecule has 0 bridgehead atoms. The van der Waals surface area contributed by atoms with Crippen LogP contribution >= 0.6 is 0 Å². The number of anilines is 2. The van der Waals surface area contributed by atoms with Gasteiger partial charge in [0, 0.05) is 17.8 Å². The van der Waals surface area contributed by atoms with E-state index in [2.05, 4.69) is 5.32 Å². The molecular weight excluding hydrogens is 465 g/mol. The van der Waals surface area contributed by atoms with Crippen molar-refractivity contribution in [2.75, 3.05) is 22.8 Å². The van der Waals surface area contributed by atoms with Gasteiger partial charge in [0.25, 0.3) is 15.9 Å². The molecule has 12 heteroatoms. The maximum Gasteiger partial charge on any atom is 0.416 e. The Kier molecular flexibility index (Phi) is 5.62. The summed E-state index contributed by atoms with van der Waals surface area (Å²) in [7, 11) is -4.25. The fraction of sp³-hybridized carbons (Fsp3) is 0.143. The summed E-state index contributed by atoms with van der Waals surface area (Å²) in [6.45, 7) is -0.187. The normalized spacial score (nSPS) is 15.2. The molecule has 2 heterocycles. The van der Waals surface area contributed by atoms with Crippen LogP contribution in [0, 0.1) is 0 Å². The lowest BCUT2D eigenvalue weighted by molar-refractivity contribution is -0.137. The predicted octanol–water partition coefficient (Wildman–Crippen LogP) is 3.50. The Morgan fingerprint density at radius 2 is 1.76 bits per heavy atom. The van der Waals surface area contributed by atoms with Crippen molar-refractivity contribution in [2.24, 2.45) is 0 Å². The number of fused-ring (bicyclic) bond motifs is 1. The number of alkyl halides is 3. The quantitative estimate of drug-likeness (QED) is 0.615. The molecule has 4 rings (SSSR count). The van der Waals surface area contributed by atoms with Crippen LogP contribution < -0.4 is 19.8 Å². The van der Waals surface area contributed by atoms with Crippen LogP contribution in [0.4, 0.5) is 24.5 Å². The predicted molar refractivity (Wildman–Crippen MR) is 111 cm³/mol. The largest absolute Gasteiger partial charge is 0.490 e. The van der Waals surface area contributed by atoms with E-state index < -0.39 is 33.1 Å². The second-order valence-corrected chi connectivity index (χ2v) is 8.75. The lowest BCUT2D eigenvalue weighted by Crippen LogP contribution is -2.32. The average molecular weight is 480 g/mol. The first-order valence-corrected chi connectivity index (χ1v) is 10.9. The second-order valence-electron chi connectivity index (χ2n) is 6.92. The van der Waals surface area contributed by atoms with Crippen molar-refractivity contribution in [2.45, 2.75) is 11.1 Å². The number of carbonyl (C=O) groups is 1. The zero-order chi connectivity index (χ0) is 23.8. The third kappa shape index (κ3) is 4.55. The number of ether oxygens (including phenoxy) is 1. The highest BCUT2D eigenvalue weighted by molar-refractivity contribution is 7.93. The lowest BCUT2D eigenvalue weighted by atomic mass is 10.2. The Morgan fingerprint density at radius 3 is 2.42 bits per heavy atom. The standard InChI is InChI=1S/C21H15F3N2O6S/c22-21(23,24)13-1-4-15(5-2-13)26-8-10-32-17-6-3-14(11-19(17)33(26,29)30)25-20(28)18-12-16(27)7-9-31-18/h1-7,9,11-12H,8,10H2,(H,25,28). The molecular formula is C21H15F3N2O6S. The smallest absolute Gasteiger partial charge is 0.416 e. The minimum Gasteiger partial charge on any atom is -0.490 e. The van der Waals surface area contributed by atoms with Gasteiger partial charge >= 0.3 is 6.18 Å². The molecule has 3 aromatic rings. The van der Waals surface area contributed by atoms with Crippen molar-refractivity contribution < 1.29 is 35.5 Å². The summed E-state index contributed by atoms with van der Waals surface area (Å²) in [6.07, 6.45) is -3.51. The van der Waals surface area contributed by atoms with Crippen LogP contribution in [0.1, 0.15) is 16.1 Å². The minimum absolute atomic E-state index is 0.0219. The molecule has 172 valence electrons. The summed E-state index contributed by atoms with van der Waals surface area (Å²) in [4.78, 5) is 23.5. The number of hydrogen-bond donors (Lipinski definition) is 1. The topological polar surface area (TPSA) is 106 Å². The van der Waals surface area contributed by atoms with Crippen LogP contribution in [0.2, 0.25) is 0 Å². The van der Waals surface area contributed by atoms with E-state index in [9.17, 15) is 31.2 Å². The number of hydrogen-bond acceptors (Lipinski definition) is 6. The number of sulfonamides is 1. The van der Waals surface area contributed by atoms with Crippen molar-refractivity contribution in [1.82, 2.24) is 0 Å². The molecule has 0 unspecified atom stereocenters. The Bertz CT molecular complexity index is 1370. The highest BCUT2D eigenvalue weighted by atomic mass is 32.2. The highest BCUT2D eigenvalue weighted by Gasteiger charge is 2.33. The Labute approximate surface area is 185 Å². The fourth-order valence-electron chi connectivity index (χ4n) is 3.17. The van der Waals surface area contributed by atoms with Crippen LogP contribution in [0.25, 0.3) is 0 Å². The first kappa shape index (κ1) is 22.4. The van der Waals surface area contributed by atoms with Crippen molar-refractivity contribution in [3.63, 3.8) is 0 Å². The van der Waals surface area contributed by atoms with E-state index >= 15 is 0 Å². The summed E-state index contributed by atoms with van der Waals surface area (Å²) in [5, 5.41) is 2.44. The maximum atomic E-state index is 13.3. The van der Waals surface area contributed by atoms with E-state index in [0.29, 0.717) is 0 Å². The zero-order valence-electron chi connectivity index (χ0n) is 16.6. The third-order valence-electron chi connectivity index (χ3n) is 4.73. The van der Waals surface area contributed by atoms with Gasteiger partial charge in [0.05, 0.1) is 24.1 Å². The molecule has 33 heavy (non-hydrogen) atoms. The van der Waals surface area contributed by atoms with E-state index in [-0.39, 0.29) is 40.9 Å². The van der Waals surface area contributed by atoms with Gasteiger partial charge in [-0.25, -0.2) is 8.42 Å². The van der Waals surface area contributed by atoms with Gasteiger partial charge in [0.1, 0.15) is 17.3 Å². The SMILES string of the molecule is O=C(Nc1ccc2c(c1)S(=O)(=O)N(c1ccc(C(F)(F)F)cc1)CCO2)c1cc(=O)cco1. The number of carbonyl (C=O) groups excluding carboxylic acids is 1. The van der Waals surface area contributed by atoms with Crippen molar-refractivity contribution >= 4 is 27.3 Å². The van der Waals surface area contributed by atoms with Crippen molar-refractivity contribution in [1.29, 1.82) is 0 Å². The molecule has 1 N–H and O–H groups in total. The molecule has 0 radical (unpaired) electrons. The van der Waals surface area contributed by atoms with E-state index in [0.717, 1.165) is 53.0 Å². The Balaban J connectivity index is 1.67. The monoisotopic (exact) mass is 480 g/mol. The van der Waals surface area contributed by atoms with Crippen molar-refractivity contribution in [3.8, 4) is 5.75 Å². The van der Waals surface area contributed by atoms with Gasteiger partial charge in [-0.2, -0.15) is 13.2 Å². The molecule has 0 saturated carbocycles. The van der Waals surface area contributed by atoms with Gasteiger partial charge in [-0.05, 0) is 42.5 Å². The molecule has 8 nitrogen and oxygen atoms in total. The van der Waals surface area contributed by atoms with Crippen LogP contribution in [0.15, 0.2) is 75.0 Å². The van der Waals surface area contributed by atoms with Crippen molar-refractivity contribution in [3.05, 3.63) is 82.4 Å². The molecule has 0 saturated heterocycles. The van der Waals surface area contributed by atoms with Crippen LogP contribution in [-0.4, -0.2) is 27.5 Å². The Morgan fingerprint density at radius 1 is 1.03 bits per heavy atom. The van der Waals surface area contributed by atoms with E-state index in [1.165, 1.54) is 12.1 Å². The summed E-state index contributed by atoms with van der Waals surface area (Å²) in [5.74, 6) is -1.03. The number of halogens is 3.